The molecule has 70 valence electrons. The van der Waals surface area contributed by atoms with E-state index in [4.69, 9.17) is 0 Å². The maximum Gasteiger partial charge on any atom is 0.0798 e. The van der Waals surface area contributed by atoms with Crippen LogP contribution in [0.2, 0.25) is 0 Å². The second-order valence-corrected chi connectivity index (χ2v) is 3.87. The fourth-order valence-corrected chi connectivity index (χ4v) is 2.33. The van der Waals surface area contributed by atoms with Crippen molar-refractivity contribution in [2.24, 2.45) is 0 Å². The Morgan fingerprint density at radius 1 is 1.31 bits per heavy atom. The van der Waals surface area contributed by atoms with E-state index in [2.05, 4.69) is 25.1 Å². The molecule has 0 fully saturated rings. The van der Waals surface area contributed by atoms with E-state index >= 15 is 0 Å². The highest BCUT2D eigenvalue weighted by Crippen LogP contribution is 2.42. The van der Waals surface area contributed by atoms with Gasteiger partial charge in [0, 0.05) is 0 Å². The SMILES string of the molecule is CCCC1CC(O)c2ccccc21. The minimum absolute atomic E-state index is 0.215. The predicted octanol–water partition coefficient (Wildman–Crippen LogP) is 3.01. The molecular formula is C12H16O. The summed E-state index contributed by atoms with van der Waals surface area (Å²) >= 11 is 0. The molecular weight excluding hydrogens is 160 g/mol. The van der Waals surface area contributed by atoms with Crippen molar-refractivity contribution >= 4 is 0 Å². The smallest absolute Gasteiger partial charge is 0.0798 e. The molecule has 2 unspecified atom stereocenters. The topological polar surface area (TPSA) is 20.2 Å². The Balaban J connectivity index is 2.30. The van der Waals surface area contributed by atoms with Gasteiger partial charge < -0.3 is 5.11 Å². The Morgan fingerprint density at radius 2 is 2.00 bits per heavy atom. The number of fused-ring (bicyclic) bond motifs is 1. The molecule has 1 heteroatoms. The quantitative estimate of drug-likeness (QED) is 0.734. The van der Waals surface area contributed by atoms with Crippen molar-refractivity contribution in [1.29, 1.82) is 0 Å². The van der Waals surface area contributed by atoms with Crippen LogP contribution in [0.3, 0.4) is 0 Å². The molecule has 1 nitrogen and oxygen atoms in total. The minimum Gasteiger partial charge on any atom is -0.388 e. The first-order valence-electron chi connectivity index (χ1n) is 5.09. The van der Waals surface area contributed by atoms with Crippen LogP contribution in [-0.4, -0.2) is 5.11 Å². The Hall–Kier alpha value is -0.820. The van der Waals surface area contributed by atoms with Gasteiger partial charge in [-0.05, 0) is 29.9 Å². The second kappa shape index (κ2) is 3.51. The van der Waals surface area contributed by atoms with Crippen LogP contribution in [0.4, 0.5) is 0 Å². The number of aliphatic hydroxyl groups excluding tert-OH is 1. The van der Waals surface area contributed by atoms with E-state index in [0.29, 0.717) is 5.92 Å². The summed E-state index contributed by atoms with van der Waals surface area (Å²) in [7, 11) is 0. The molecule has 0 saturated carbocycles. The summed E-state index contributed by atoms with van der Waals surface area (Å²) in [5.41, 5.74) is 2.53. The van der Waals surface area contributed by atoms with Gasteiger partial charge in [0.15, 0.2) is 0 Å². The molecule has 2 rings (SSSR count). The van der Waals surface area contributed by atoms with E-state index in [0.717, 1.165) is 12.0 Å². The lowest BCUT2D eigenvalue weighted by Crippen LogP contribution is -1.92. The van der Waals surface area contributed by atoms with Crippen LogP contribution in [-0.2, 0) is 0 Å². The van der Waals surface area contributed by atoms with Crippen molar-refractivity contribution in [2.75, 3.05) is 0 Å². The minimum atomic E-state index is -0.215. The van der Waals surface area contributed by atoms with Crippen LogP contribution in [0.1, 0.15) is 49.3 Å². The molecule has 0 bridgehead atoms. The van der Waals surface area contributed by atoms with Gasteiger partial charge in [0.2, 0.25) is 0 Å². The van der Waals surface area contributed by atoms with E-state index in [-0.39, 0.29) is 6.10 Å². The highest BCUT2D eigenvalue weighted by atomic mass is 16.3. The summed E-state index contributed by atoms with van der Waals surface area (Å²) in [4.78, 5) is 0. The summed E-state index contributed by atoms with van der Waals surface area (Å²) in [6.07, 6.45) is 3.11. The van der Waals surface area contributed by atoms with E-state index < -0.39 is 0 Å². The maximum atomic E-state index is 9.78. The van der Waals surface area contributed by atoms with Gasteiger partial charge in [0.1, 0.15) is 0 Å². The summed E-state index contributed by atoms with van der Waals surface area (Å²) < 4.78 is 0. The monoisotopic (exact) mass is 176 g/mol. The van der Waals surface area contributed by atoms with E-state index in [1.807, 2.05) is 6.07 Å². The molecule has 1 aliphatic carbocycles. The number of hydrogen-bond acceptors (Lipinski definition) is 1. The van der Waals surface area contributed by atoms with Crippen LogP contribution in [0.5, 0.6) is 0 Å². The van der Waals surface area contributed by atoms with Crippen molar-refractivity contribution < 1.29 is 5.11 Å². The molecule has 1 aromatic carbocycles. The van der Waals surface area contributed by atoms with Gasteiger partial charge in [-0.3, -0.25) is 0 Å². The van der Waals surface area contributed by atoms with Gasteiger partial charge in [-0.15, -0.1) is 0 Å². The lowest BCUT2D eigenvalue weighted by atomic mass is 9.97. The highest BCUT2D eigenvalue weighted by molar-refractivity contribution is 5.36. The summed E-state index contributed by atoms with van der Waals surface area (Å²) in [6.45, 7) is 2.20. The van der Waals surface area contributed by atoms with Crippen LogP contribution >= 0.6 is 0 Å². The maximum absolute atomic E-state index is 9.78. The van der Waals surface area contributed by atoms with Gasteiger partial charge in [-0.1, -0.05) is 37.6 Å². The first kappa shape index (κ1) is 8.76. The third kappa shape index (κ3) is 1.49. The Morgan fingerprint density at radius 3 is 2.69 bits per heavy atom. The standard InChI is InChI=1S/C12H16O/c1-2-5-9-8-12(13)11-7-4-3-6-10(9)11/h3-4,6-7,9,12-13H,2,5,8H2,1H3. The normalized spacial score (nSPS) is 26.0. The molecule has 0 radical (unpaired) electrons. The molecule has 1 N–H and O–H groups in total. The lowest BCUT2D eigenvalue weighted by molar-refractivity contribution is 0.172. The average molecular weight is 176 g/mol. The molecule has 0 aromatic heterocycles. The second-order valence-electron chi connectivity index (χ2n) is 3.87. The van der Waals surface area contributed by atoms with Gasteiger partial charge >= 0.3 is 0 Å². The third-order valence-electron chi connectivity index (χ3n) is 2.94. The summed E-state index contributed by atoms with van der Waals surface area (Å²) in [5.74, 6) is 0.594. The molecule has 0 spiro atoms. The Bertz CT molecular complexity index is 293. The summed E-state index contributed by atoms with van der Waals surface area (Å²) in [6, 6.07) is 8.29. The molecule has 0 saturated heterocycles. The average Bonchev–Trinajstić information content (AvgIpc) is 2.46. The molecule has 1 aliphatic rings. The zero-order chi connectivity index (χ0) is 9.26. The fourth-order valence-electron chi connectivity index (χ4n) is 2.33. The summed E-state index contributed by atoms with van der Waals surface area (Å²) in [5, 5.41) is 9.78. The zero-order valence-electron chi connectivity index (χ0n) is 8.03. The Kier molecular flexibility index (Phi) is 2.36. The van der Waals surface area contributed by atoms with Crippen LogP contribution < -0.4 is 0 Å². The number of benzene rings is 1. The molecule has 0 aliphatic heterocycles. The van der Waals surface area contributed by atoms with Crippen LogP contribution in [0.25, 0.3) is 0 Å². The molecule has 0 amide bonds. The number of hydrogen-bond donors (Lipinski definition) is 1. The highest BCUT2D eigenvalue weighted by Gasteiger charge is 2.27. The fraction of sp³-hybridized carbons (Fsp3) is 0.500. The van der Waals surface area contributed by atoms with Crippen LogP contribution in [0.15, 0.2) is 24.3 Å². The lowest BCUT2D eigenvalue weighted by Gasteiger charge is -2.08. The number of rotatable bonds is 2. The van der Waals surface area contributed by atoms with E-state index in [1.165, 1.54) is 18.4 Å². The molecule has 1 aromatic rings. The third-order valence-corrected chi connectivity index (χ3v) is 2.94. The molecule has 0 heterocycles. The number of aliphatic hydroxyl groups is 1. The largest absolute Gasteiger partial charge is 0.388 e. The molecule has 13 heavy (non-hydrogen) atoms. The van der Waals surface area contributed by atoms with Crippen molar-refractivity contribution in [3.05, 3.63) is 35.4 Å². The first-order valence-corrected chi connectivity index (χ1v) is 5.09. The van der Waals surface area contributed by atoms with E-state index in [1.54, 1.807) is 0 Å². The predicted molar refractivity (Wildman–Crippen MR) is 53.7 cm³/mol. The van der Waals surface area contributed by atoms with E-state index in [9.17, 15) is 5.11 Å². The van der Waals surface area contributed by atoms with Gasteiger partial charge in [-0.25, -0.2) is 0 Å². The van der Waals surface area contributed by atoms with Crippen molar-refractivity contribution in [1.82, 2.24) is 0 Å². The Labute approximate surface area is 79.4 Å². The first-order chi connectivity index (χ1) is 6.33. The van der Waals surface area contributed by atoms with Gasteiger partial charge in [-0.2, -0.15) is 0 Å². The van der Waals surface area contributed by atoms with Crippen molar-refractivity contribution in [2.45, 2.75) is 38.2 Å². The van der Waals surface area contributed by atoms with Gasteiger partial charge in [0.25, 0.3) is 0 Å². The molecule has 2 atom stereocenters. The van der Waals surface area contributed by atoms with Gasteiger partial charge in [0.05, 0.1) is 6.10 Å². The van der Waals surface area contributed by atoms with Crippen LogP contribution in [0, 0.1) is 0 Å². The van der Waals surface area contributed by atoms with Crippen molar-refractivity contribution in [3.63, 3.8) is 0 Å². The zero-order valence-corrected chi connectivity index (χ0v) is 8.03. The van der Waals surface area contributed by atoms with Crippen molar-refractivity contribution in [3.8, 4) is 0 Å².